The van der Waals surface area contributed by atoms with Crippen molar-refractivity contribution >= 4 is 35.1 Å². The van der Waals surface area contributed by atoms with Crippen molar-refractivity contribution in [1.82, 2.24) is 10.9 Å². The zero-order valence-electron chi connectivity index (χ0n) is 13.8. The van der Waals surface area contributed by atoms with E-state index in [1.807, 2.05) is 36.4 Å². The maximum atomic E-state index is 12.0. The minimum Gasteiger partial charge on any atom is -0.449 e. The third-order valence-corrected chi connectivity index (χ3v) is 4.80. The summed E-state index contributed by atoms with van der Waals surface area (Å²) in [6, 6.07) is 16.2. The number of fused-ring (bicyclic) bond motifs is 2. The SMILES string of the molecule is CCOC(=O)NNC(=O)CCN1c2ccccc2Sc2ccccc21. The Balaban J connectivity index is 1.68. The van der Waals surface area contributed by atoms with Gasteiger partial charge in [0.1, 0.15) is 0 Å². The topological polar surface area (TPSA) is 70.7 Å². The van der Waals surface area contributed by atoms with E-state index in [1.165, 1.54) is 0 Å². The lowest BCUT2D eigenvalue weighted by molar-refractivity contribution is -0.121. The molecule has 2 aromatic carbocycles. The molecule has 25 heavy (non-hydrogen) atoms. The van der Waals surface area contributed by atoms with Crippen LogP contribution in [0.5, 0.6) is 0 Å². The van der Waals surface area contributed by atoms with Crippen molar-refractivity contribution in [1.29, 1.82) is 0 Å². The van der Waals surface area contributed by atoms with Crippen molar-refractivity contribution in [2.24, 2.45) is 0 Å². The normalized spacial score (nSPS) is 12.0. The fourth-order valence-electron chi connectivity index (χ4n) is 2.59. The minimum atomic E-state index is -0.666. The molecule has 0 saturated heterocycles. The van der Waals surface area contributed by atoms with Crippen molar-refractivity contribution in [3.05, 3.63) is 48.5 Å². The molecule has 0 atom stereocenters. The van der Waals surface area contributed by atoms with Crippen molar-refractivity contribution < 1.29 is 14.3 Å². The van der Waals surface area contributed by atoms with Crippen LogP contribution in [0.15, 0.2) is 58.3 Å². The number of hydrogen-bond acceptors (Lipinski definition) is 5. The smallest absolute Gasteiger partial charge is 0.426 e. The maximum absolute atomic E-state index is 12.0. The summed E-state index contributed by atoms with van der Waals surface area (Å²) in [7, 11) is 0. The molecule has 2 N–H and O–H groups in total. The molecule has 0 aliphatic carbocycles. The van der Waals surface area contributed by atoms with E-state index in [4.69, 9.17) is 4.74 Å². The number of ether oxygens (including phenoxy) is 1. The molecule has 0 saturated carbocycles. The molecule has 0 fully saturated rings. The van der Waals surface area contributed by atoms with Gasteiger partial charge in [-0.3, -0.25) is 10.2 Å². The van der Waals surface area contributed by atoms with Crippen LogP contribution >= 0.6 is 11.8 Å². The number of carbonyl (C=O) groups excluding carboxylic acids is 2. The van der Waals surface area contributed by atoms with Crippen LogP contribution in [-0.4, -0.2) is 25.2 Å². The Bertz CT molecular complexity index is 736. The molecule has 0 bridgehead atoms. The van der Waals surface area contributed by atoms with Gasteiger partial charge in [0, 0.05) is 22.8 Å². The zero-order chi connectivity index (χ0) is 17.6. The molecule has 0 aromatic heterocycles. The summed E-state index contributed by atoms with van der Waals surface area (Å²) < 4.78 is 4.70. The molecule has 0 radical (unpaired) electrons. The van der Waals surface area contributed by atoms with Crippen LogP contribution < -0.4 is 15.8 Å². The summed E-state index contributed by atoms with van der Waals surface area (Å²) in [5.74, 6) is -0.277. The molecule has 1 aliphatic rings. The number of nitrogens with one attached hydrogen (secondary N) is 2. The largest absolute Gasteiger partial charge is 0.449 e. The second-order valence-corrected chi connectivity index (χ2v) is 6.42. The Morgan fingerprint density at radius 2 is 1.60 bits per heavy atom. The highest BCUT2D eigenvalue weighted by Crippen LogP contribution is 2.47. The van der Waals surface area contributed by atoms with E-state index in [1.54, 1.807) is 18.7 Å². The van der Waals surface area contributed by atoms with Gasteiger partial charge in [-0.1, -0.05) is 36.0 Å². The Kier molecular flexibility index (Phi) is 5.45. The Labute approximate surface area is 150 Å². The second-order valence-electron chi connectivity index (χ2n) is 5.33. The lowest BCUT2D eigenvalue weighted by Crippen LogP contribution is -2.42. The summed E-state index contributed by atoms with van der Waals surface area (Å²) in [6.45, 7) is 2.45. The molecule has 0 unspecified atom stereocenters. The number of anilines is 2. The third-order valence-electron chi connectivity index (χ3n) is 3.67. The number of benzene rings is 2. The summed E-state index contributed by atoms with van der Waals surface area (Å²) in [5, 5.41) is 0. The first-order chi connectivity index (χ1) is 12.2. The van der Waals surface area contributed by atoms with Crippen LogP contribution in [0, 0.1) is 0 Å². The van der Waals surface area contributed by atoms with Crippen LogP contribution in [0.4, 0.5) is 16.2 Å². The molecule has 130 valence electrons. The van der Waals surface area contributed by atoms with Crippen molar-refractivity contribution in [2.45, 2.75) is 23.1 Å². The molecular formula is C18H19N3O3S. The van der Waals surface area contributed by atoms with Gasteiger partial charge < -0.3 is 9.64 Å². The van der Waals surface area contributed by atoms with E-state index in [2.05, 4.69) is 27.9 Å². The third kappa shape index (κ3) is 4.06. The lowest BCUT2D eigenvalue weighted by atomic mass is 10.2. The number of nitrogens with zero attached hydrogens (tertiary/aromatic N) is 1. The average molecular weight is 357 g/mol. The molecule has 3 rings (SSSR count). The van der Waals surface area contributed by atoms with E-state index in [0.717, 1.165) is 21.2 Å². The van der Waals surface area contributed by atoms with Crippen molar-refractivity contribution in [3.8, 4) is 0 Å². The van der Waals surface area contributed by atoms with Gasteiger partial charge in [-0.2, -0.15) is 0 Å². The number of para-hydroxylation sites is 2. The van der Waals surface area contributed by atoms with Gasteiger partial charge in [0.2, 0.25) is 5.91 Å². The van der Waals surface area contributed by atoms with E-state index < -0.39 is 6.09 Å². The highest BCUT2D eigenvalue weighted by molar-refractivity contribution is 7.99. The molecule has 1 heterocycles. The fourth-order valence-corrected chi connectivity index (χ4v) is 3.68. The fraction of sp³-hybridized carbons (Fsp3) is 0.222. The van der Waals surface area contributed by atoms with Crippen LogP contribution in [0.1, 0.15) is 13.3 Å². The first kappa shape index (κ1) is 17.2. The van der Waals surface area contributed by atoms with E-state index >= 15 is 0 Å². The van der Waals surface area contributed by atoms with E-state index in [0.29, 0.717) is 6.54 Å². The molecule has 7 heteroatoms. The number of hydrazine groups is 1. The summed E-state index contributed by atoms with van der Waals surface area (Å²) in [6.07, 6.45) is -0.430. The predicted octanol–water partition coefficient (Wildman–Crippen LogP) is 3.46. The van der Waals surface area contributed by atoms with Gasteiger partial charge >= 0.3 is 6.09 Å². The number of hydrogen-bond donors (Lipinski definition) is 2. The van der Waals surface area contributed by atoms with Crippen molar-refractivity contribution in [2.75, 3.05) is 18.1 Å². The molecule has 6 nitrogen and oxygen atoms in total. The van der Waals surface area contributed by atoms with Crippen molar-refractivity contribution in [3.63, 3.8) is 0 Å². The van der Waals surface area contributed by atoms with E-state index in [9.17, 15) is 9.59 Å². The molecule has 2 amide bonds. The first-order valence-corrected chi connectivity index (χ1v) is 8.85. The average Bonchev–Trinajstić information content (AvgIpc) is 2.63. The van der Waals surface area contributed by atoms with Crippen LogP contribution in [0.3, 0.4) is 0 Å². The Morgan fingerprint density at radius 1 is 1.00 bits per heavy atom. The van der Waals surface area contributed by atoms with Crippen LogP contribution in [-0.2, 0) is 9.53 Å². The molecule has 1 aliphatic heterocycles. The van der Waals surface area contributed by atoms with Gasteiger partial charge in [-0.15, -0.1) is 0 Å². The lowest BCUT2D eigenvalue weighted by Gasteiger charge is -2.32. The highest BCUT2D eigenvalue weighted by Gasteiger charge is 2.23. The summed E-state index contributed by atoms with van der Waals surface area (Å²) in [5.41, 5.74) is 6.75. The summed E-state index contributed by atoms with van der Waals surface area (Å²) >= 11 is 1.72. The highest BCUT2D eigenvalue weighted by atomic mass is 32.2. The number of amides is 2. The maximum Gasteiger partial charge on any atom is 0.426 e. The molecular weight excluding hydrogens is 338 g/mol. The quantitative estimate of drug-likeness (QED) is 0.820. The first-order valence-electron chi connectivity index (χ1n) is 8.04. The zero-order valence-corrected chi connectivity index (χ0v) is 14.6. The summed E-state index contributed by atoms with van der Waals surface area (Å²) in [4.78, 5) is 27.7. The number of rotatable bonds is 4. The van der Waals surface area contributed by atoms with Gasteiger partial charge in [0.15, 0.2) is 0 Å². The van der Waals surface area contributed by atoms with Gasteiger partial charge in [-0.25, -0.2) is 10.2 Å². The standard InChI is InChI=1S/C18H19N3O3S/c1-2-24-18(23)20-19-17(22)11-12-21-13-7-3-5-9-15(13)25-16-10-6-4-8-14(16)21/h3-10H,2,11-12H2,1H3,(H,19,22)(H,20,23). The Hall–Kier alpha value is -2.67. The molecule has 2 aromatic rings. The van der Waals surface area contributed by atoms with E-state index in [-0.39, 0.29) is 18.9 Å². The van der Waals surface area contributed by atoms with Crippen LogP contribution in [0.25, 0.3) is 0 Å². The Morgan fingerprint density at radius 3 is 2.20 bits per heavy atom. The molecule has 0 spiro atoms. The van der Waals surface area contributed by atoms with Gasteiger partial charge in [0.05, 0.1) is 18.0 Å². The van der Waals surface area contributed by atoms with Crippen LogP contribution in [0.2, 0.25) is 0 Å². The predicted molar refractivity (Wildman–Crippen MR) is 96.9 cm³/mol. The van der Waals surface area contributed by atoms with Gasteiger partial charge in [-0.05, 0) is 31.2 Å². The van der Waals surface area contributed by atoms with Gasteiger partial charge in [0.25, 0.3) is 0 Å². The second kappa shape index (κ2) is 7.94. The minimum absolute atomic E-state index is 0.236. The monoisotopic (exact) mass is 357 g/mol. The number of carbonyl (C=O) groups is 2.